The first kappa shape index (κ1) is 8.93. The van der Waals surface area contributed by atoms with Gasteiger partial charge in [0, 0.05) is 19.7 Å². The van der Waals surface area contributed by atoms with Gasteiger partial charge in [-0.25, -0.2) is 4.98 Å². The second-order valence-electron chi connectivity index (χ2n) is 3.43. The van der Waals surface area contributed by atoms with Gasteiger partial charge in [-0.05, 0) is 0 Å². The van der Waals surface area contributed by atoms with E-state index >= 15 is 0 Å². The average Bonchev–Trinajstić information content (AvgIpc) is 2.61. The number of hydrogen-bond acceptors (Lipinski definition) is 4. The first-order chi connectivity index (χ1) is 6.65. The first-order valence-electron chi connectivity index (χ1n) is 4.36. The molecule has 1 atom stereocenters. The van der Waals surface area contributed by atoms with Gasteiger partial charge in [-0.1, -0.05) is 0 Å². The van der Waals surface area contributed by atoms with Crippen LogP contribution in [0.3, 0.4) is 0 Å². The third kappa shape index (κ3) is 1.66. The molecule has 0 aromatic carbocycles. The molecule has 1 aromatic heterocycles. The Hall–Kier alpha value is -1.65. The lowest BCUT2D eigenvalue weighted by Gasteiger charge is -1.99. The molecule has 14 heavy (non-hydrogen) atoms. The minimum absolute atomic E-state index is 0.176. The highest BCUT2D eigenvalue weighted by Gasteiger charge is 2.33. The predicted octanol–water partition coefficient (Wildman–Crippen LogP) is 0.0523. The van der Waals surface area contributed by atoms with Gasteiger partial charge in [0.2, 0.25) is 0 Å². The molecule has 5 heteroatoms. The van der Waals surface area contributed by atoms with E-state index in [0.717, 1.165) is 5.69 Å². The van der Waals surface area contributed by atoms with E-state index in [1.807, 2.05) is 13.2 Å². The van der Waals surface area contributed by atoms with Gasteiger partial charge >= 0.3 is 11.9 Å². The molecule has 0 amide bonds. The van der Waals surface area contributed by atoms with Gasteiger partial charge < -0.3 is 9.30 Å². The molecule has 1 aromatic rings. The highest BCUT2D eigenvalue weighted by molar-refractivity contribution is 5.94. The zero-order valence-corrected chi connectivity index (χ0v) is 7.77. The first-order valence-corrected chi connectivity index (χ1v) is 4.36. The monoisotopic (exact) mass is 194 g/mol. The summed E-state index contributed by atoms with van der Waals surface area (Å²) in [5.74, 6) is -1.21. The van der Waals surface area contributed by atoms with Crippen molar-refractivity contribution in [1.82, 2.24) is 9.55 Å². The number of esters is 2. The van der Waals surface area contributed by atoms with Crippen molar-refractivity contribution in [3.63, 3.8) is 0 Å². The number of aromatic nitrogens is 2. The Kier molecular flexibility index (Phi) is 2.07. The number of aryl methyl sites for hydroxylation is 1. The van der Waals surface area contributed by atoms with Gasteiger partial charge in [0.05, 0.1) is 24.4 Å². The quantitative estimate of drug-likeness (QED) is 0.493. The van der Waals surface area contributed by atoms with Crippen LogP contribution in [0.4, 0.5) is 0 Å². The van der Waals surface area contributed by atoms with Crippen molar-refractivity contribution in [2.24, 2.45) is 13.0 Å². The predicted molar refractivity (Wildman–Crippen MR) is 46.1 cm³/mol. The van der Waals surface area contributed by atoms with Crippen molar-refractivity contribution in [2.75, 3.05) is 0 Å². The molecule has 0 aliphatic carbocycles. The molecule has 5 nitrogen and oxygen atoms in total. The Labute approximate surface area is 80.7 Å². The van der Waals surface area contributed by atoms with E-state index in [1.165, 1.54) is 0 Å². The number of cyclic esters (lactones) is 2. The Morgan fingerprint density at radius 2 is 2.43 bits per heavy atom. The van der Waals surface area contributed by atoms with E-state index in [9.17, 15) is 9.59 Å². The summed E-state index contributed by atoms with van der Waals surface area (Å²) in [4.78, 5) is 26.0. The molecule has 0 spiro atoms. The molecule has 0 N–H and O–H groups in total. The van der Waals surface area contributed by atoms with E-state index in [1.54, 1.807) is 10.9 Å². The Balaban J connectivity index is 2.05. The number of ether oxygens (including phenoxy) is 1. The average molecular weight is 194 g/mol. The summed E-state index contributed by atoms with van der Waals surface area (Å²) in [6, 6.07) is 0. The second kappa shape index (κ2) is 3.25. The molecular formula is C9H10N2O3. The zero-order chi connectivity index (χ0) is 10.1. The number of rotatable bonds is 2. The molecule has 2 heterocycles. The van der Waals surface area contributed by atoms with Gasteiger partial charge in [0.25, 0.3) is 0 Å². The fourth-order valence-corrected chi connectivity index (χ4v) is 1.50. The molecule has 1 aliphatic rings. The van der Waals surface area contributed by atoms with Crippen LogP contribution in [0, 0.1) is 5.92 Å². The highest BCUT2D eigenvalue weighted by Crippen LogP contribution is 2.19. The smallest absolute Gasteiger partial charge is 0.317 e. The SMILES string of the molecule is Cn1cnc(CC2CC(=O)OC2=O)c1. The van der Waals surface area contributed by atoms with Crippen LogP contribution < -0.4 is 0 Å². The Morgan fingerprint density at radius 3 is 2.93 bits per heavy atom. The van der Waals surface area contributed by atoms with Gasteiger partial charge in [-0.2, -0.15) is 0 Å². The van der Waals surface area contributed by atoms with Gasteiger partial charge in [0.15, 0.2) is 0 Å². The van der Waals surface area contributed by atoms with Gasteiger partial charge in [-0.15, -0.1) is 0 Å². The van der Waals surface area contributed by atoms with Gasteiger partial charge in [-0.3, -0.25) is 9.59 Å². The summed E-state index contributed by atoms with van der Waals surface area (Å²) in [6.45, 7) is 0. The number of nitrogens with zero attached hydrogens (tertiary/aromatic N) is 2. The minimum atomic E-state index is -0.434. The summed E-state index contributed by atoms with van der Waals surface area (Å²) < 4.78 is 6.24. The highest BCUT2D eigenvalue weighted by atomic mass is 16.6. The number of carbonyl (C=O) groups excluding carboxylic acids is 2. The number of carbonyl (C=O) groups is 2. The maximum Gasteiger partial charge on any atom is 0.317 e. The molecule has 1 saturated heterocycles. The Bertz CT molecular complexity index is 383. The van der Waals surface area contributed by atoms with Gasteiger partial charge in [0.1, 0.15) is 0 Å². The maximum atomic E-state index is 11.1. The molecule has 0 radical (unpaired) electrons. The van der Waals surface area contributed by atoms with Crippen LogP contribution in [0.1, 0.15) is 12.1 Å². The molecule has 1 fully saturated rings. The van der Waals surface area contributed by atoms with Crippen LogP contribution in [0.15, 0.2) is 12.5 Å². The van der Waals surface area contributed by atoms with Crippen molar-refractivity contribution in [1.29, 1.82) is 0 Å². The molecule has 0 bridgehead atoms. The van der Waals surface area contributed by atoms with Crippen LogP contribution in [0.25, 0.3) is 0 Å². The summed E-state index contributed by atoms with van der Waals surface area (Å²) in [5, 5.41) is 0. The van der Waals surface area contributed by atoms with E-state index in [4.69, 9.17) is 0 Å². The van der Waals surface area contributed by atoms with E-state index in [0.29, 0.717) is 6.42 Å². The lowest BCUT2D eigenvalue weighted by atomic mass is 10.0. The van der Waals surface area contributed by atoms with Crippen LogP contribution in [0.2, 0.25) is 0 Å². The maximum absolute atomic E-state index is 11.1. The molecule has 1 unspecified atom stereocenters. The minimum Gasteiger partial charge on any atom is -0.393 e. The lowest BCUT2D eigenvalue weighted by Crippen LogP contribution is -2.10. The molecule has 74 valence electrons. The van der Waals surface area contributed by atoms with Crippen molar-refractivity contribution in [3.8, 4) is 0 Å². The molecule has 2 rings (SSSR count). The van der Waals surface area contributed by atoms with Crippen LogP contribution in [-0.4, -0.2) is 21.5 Å². The van der Waals surface area contributed by atoms with E-state index < -0.39 is 11.9 Å². The second-order valence-corrected chi connectivity index (χ2v) is 3.43. The fourth-order valence-electron chi connectivity index (χ4n) is 1.50. The molecule has 0 saturated carbocycles. The standard InChI is InChI=1S/C9H10N2O3/c1-11-4-7(10-5-11)2-6-3-8(12)14-9(6)13/h4-6H,2-3H2,1H3. The number of imidazole rings is 1. The molecule has 1 aliphatic heterocycles. The number of hydrogen-bond donors (Lipinski definition) is 0. The van der Waals surface area contributed by atoms with Crippen molar-refractivity contribution < 1.29 is 14.3 Å². The third-order valence-electron chi connectivity index (χ3n) is 2.17. The van der Waals surface area contributed by atoms with Crippen molar-refractivity contribution >= 4 is 11.9 Å². The van der Waals surface area contributed by atoms with Crippen LogP contribution in [0.5, 0.6) is 0 Å². The van der Waals surface area contributed by atoms with Crippen molar-refractivity contribution in [3.05, 3.63) is 18.2 Å². The molecular weight excluding hydrogens is 184 g/mol. The van der Waals surface area contributed by atoms with Crippen molar-refractivity contribution in [2.45, 2.75) is 12.8 Å². The normalized spacial score (nSPS) is 21.4. The van der Waals surface area contributed by atoms with Crippen LogP contribution in [-0.2, 0) is 27.8 Å². The largest absolute Gasteiger partial charge is 0.393 e. The summed E-state index contributed by atoms with van der Waals surface area (Å²) in [7, 11) is 1.86. The Morgan fingerprint density at radius 1 is 1.64 bits per heavy atom. The van der Waals surface area contributed by atoms with Crippen LogP contribution >= 0.6 is 0 Å². The fraction of sp³-hybridized carbons (Fsp3) is 0.444. The summed E-state index contributed by atoms with van der Waals surface area (Å²) in [5.41, 5.74) is 0.809. The van der Waals surface area contributed by atoms with E-state index in [-0.39, 0.29) is 12.3 Å². The zero-order valence-electron chi connectivity index (χ0n) is 7.77. The lowest BCUT2D eigenvalue weighted by molar-refractivity contribution is -0.153. The third-order valence-corrected chi connectivity index (χ3v) is 2.17. The summed E-state index contributed by atoms with van der Waals surface area (Å²) >= 11 is 0. The summed E-state index contributed by atoms with van der Waals surface area (Å²) in [6.07, 6.45) is 4.15. The topological polar surface area (TPSA) is 61.2 Å². The van der Waals surface area contributed by atoms with E-state index in [2.05, 4.69) is 9.72 Å².